The van der Waals surface area contributed by atoms with Gasteiger partial charge in [-0.3, -0.25) is 4.98 Å². The Balaban J connectivity index is 1.96. The SMILES string of the molecule is CN(C)CCN(Cc1cccnc1)C(=O)NCc1ccc(N(C)C)cc1. The molecule has 1 aromatic carbocycles. The van der Waals surface area contributed by atoms with E-state index in [-0.39, 0.29) is 6.03 Å². The lowest BCUT2D eigenvalue weighted by Gasteiger charge is -2.25. The number of hydrogen-bond donors (Lipinski definition) is 1. The second kappa shape index (κ2) is 9.77. The molecule has 0 radical (unpaired) electrons. The standard InChI is InChI=1S/C20H29N5O/c1-23(2)12-13-25(16-18-6-5-11-21-14-18)20(26)22-15-17-7-9-19(10-8-17)24(3)4/h5-11,14H,12-13,15-16H2,1-4H3,(H,22,26). The van der Waals surface area contributed by atoms with Crippen LogP contribution in [0.2, 0.25) is 0 Å². The molecule has 1 heterocycles. The molecular weight excluding hydrogens is 326 g/mol. The van der Waals surface area contributed by atoms with E-state index in [9.17, 15) is 4.79 Å². The predicted molar refractivity (Wildman–Crippen MR) is 106 cm³/mol. The van der Waals surface area contributed by atoms with Crippen LogP contribution in [0.1, 0.15) is 11.1 Å². The van der Waals surface area contributed by atoms with Gasteiger partial charge in [0.05, 0.1) is 0 Å². The highest BCUT2D eigenvalue weighted by atomic mass is 16.2. The van der Waals surface area contributed by atoms with Crippen LogP contribution < -0.4 is 10.2 Å². The van der Waals surface area contributed by atoms with Crippen LogP contribution in [0, 0.1) is 0 Å². The lowest BCUT2D eigenvalue weighted by atomic mass is 10.2. The summed E-state index contributed by atoms with van der Waals surface area (Å²) in [6.45, 7) is 2.53. The first-order valence-corrected chi connectivity index (χ1v) is 8.78. The highest BCUT2D eigenvalue weighted by molar-refractivity contribution is 5.74. The van der Waals surface area contributed by atoms with E-state index in [1.165, 1.54) is 0 Å². The second-order valence-electron chi connectivity index (χ2n) is 6.81. The molecule has 1 aromatic heterocycles. The van der Waals surface area contributed by atoms with Crippen molar-refractivity contribution in [1.29, 1.82) is 0 Å². The Morgan fingerprint density at radius 3 is 2.31 bits per heavy atom. The van der Waals surface area contributed by atoms with Crippen LogP contribution >= 0.6 is 0 Å². The fourth-order valence-electron chi connectivity index (χ4n) is 2.49. The Hall–Kier alpha value is -2.60. The van der Waals surface area contributed by atoms with Gasteiger partial charge in [-0.15, -0.1) is 0 Å². The largest absolute Gasteiger partial charge is 0.378 e. The first-order valence-electron chi connectivity index (χ1n) is 8.78. The first-order chi connectivity index (χ1) is 12.5. The number of carbonyl (C=O) groups is 1. The molecular formula is C20H29N5O. The van der Waals surface area contributed by atoms with Crippen LogP contribution in [-0.2, 0) is 13.1 Å². The first kappa shape index (κ1) is 19.7. The molecule has 0 aliphatic rings. The average Bonchev–Trinajstić information content (AvgIpc) is 2.64. The van der Waals surface area contributed by atoms with E-state index in [1.54, 1.807) is 12.4 Å². The molecule has 0 atom stereocenters. The molecule has 0 unspecified atom stereocenters. The maximum atomic E-state index is 12.7. The molecule has 6 nitrogen and oxygen atoms in total. The third kappa shape index (κ3) is 6.37. The van der Waals surface area contributed by atoms with E-state index in [0.29, 0.717) is 19.6 Å². The summed E-state index contributed by atoms with van der Waals surface area (Å²) in [5.41, 5.74) is 3.25. The minimum atomic E-state index is -0.0626. The Kier molecular flexibility index (Phi) is 7.41. The maximum absolute atomic E-state index is 12.7. The summed E-state index contributed by atoms with van der Waals surface area (Å²) in [6, 6.07) is 12.0. The maximum Gasteiger partial charge on any atom is 0.318 e. The number of carbonyl (C=O) groups excluding carboxylic acids is 1. The van der Waals surface area contributed by atoms with Crippen molar-refractivity contribution >= 4 is 11.7 Å². The van der Waals surface area contributed by atoms with Gasteiger partial charge < -0.3 is 20.0 Å². The monoisotopic (exact) mass is 355 g/mol. The van der Waals surface area contributed by atoms with Gasteiger partial charge in [-0.2, -0.15) is 0 Å². The number of aromatic nitrogens is 1. The Bertz CT molecular complexity index is 670. The van der Waals surface area contributed by atoms with Gasteiger partial charge in [-0.05, 0) is 43.4 Å². The van der Waals surface area contributed by atoms with Crippen molar-refractivity contribution in [3.05, 3.63) is 59.9 Å². The molecule has 0 saturated heterocycles. The number of nitrogens with one attached hydrogen (secondary N) is 1. The Morgan fingerprint density at radius 1 is 1.00 bits per heavy atom. The van der Waals surface area contributed by atoms with Crippen LogP contribution in [0.25, 0.3) is 0 Å². The highest BCUT2D eigenvalue weighted by Gasteiger charge is 2.14. The zero-order valence-corrected chi connectivity index (χ0v) is 16.1. The molecule has 0 saturated carbocycles. The zero-order chi connectivity index (χ0) is 18.9. The Labute approximate surface area is 156 Å². The number of pyridine rings is 1. The van der Waals surface area contributed by atoms with E-state index in [4.69, 9.17) is 0 Å². The number of rotatable bonds is 8. The number of urea groups is 1. The van der Waals surface area contributed by atoms with Crippen LogP contribution in [0.4, 0.5) is 10.5 Å². The van der Waals surface area contributed by atoms with Crippen molar-refractivity contribution in [2.24, 2.45) is 0 Å². The van der Waals surface area contributed by atoms with Gasteiger partial charge in [0.2, 0.25) is 0 Å². The molecule has 0 spiro atoms. The topological polar surface area (TPSA) is 51.7 Å². The second-order valence-corrected chi connectivity index (χ2v) is 6.81. The molecule has 0 aliphatic carbocycles. The smallest absolute Gasteiger partial charge is 0.318 e. The van der Waals surface area contributed by atoms with Gasteiger partial charge in [0.1, 0.15) is 0 Å². The van der Waals surface area contributed by atoms with Crippen molar-refractivity contribution in [3.63, 3.8) is 0 Å². The lowest BCUT2D eigenvalue weighted by molar-refractivity contribution is 0.188. The van der Waals surface area contributed by atoms with Gasteiger partial charge in [0.15, 0.2) is 0 Å². The number of hydrogen-bond acceptors (Lipinski definition) is 4. The number of likely N-dealkylation sites (N-methyl/N-ethyl adjacent to an activating group) is 1. The number of benzene rings is 1. The van der Waals surface area contributed by atoms with Crippen LogP contribution in [0.3, 0.4) is 0 Å². The van der Waals surface area contributed by atoms with E-state index < -0.39 is 0 Å². The average molecular weight is 355 g/mol. The van der Waals surface area contributed by atoms with E-state index in [2.05, 4.69) is 32.2 Å². The summed E-state index contributed by atoms with van der Waals surface area (Å²) in [6.07, 6.45) is 3.54. The van der Waals surface area contributed by atoms with Crippen LogP contribution in [0.5, 0.6) is 0 Å². The van der Waals surface area contributed by atoms with Crippen molar-refractivity contribution in [3.8, 4) is 0 Å². The van der Waals surface area contributed by atoms with Gasteiger partial charge in [-0.1, -0.05) is 18.2 Å². The number of anilines is 1. The number of nitrogens with zero attached hydrogens (tertiary/aromatic N) is 4. The van der Waals surface area contributed by atoms with Crippen LogP contribution in [-0.4, -0.2) is 62.1 Å². The summed E-state index contributed by atoms with van der Waals surface area (Å²) >= 11 is 0. The van der Waals surface area contributed by atoms with Gasteiger partial charge in [0, 0.05) is 58.4 Å². The normalized spacial score (nSPS) is 10.7. The predicted octanol–water partition coefficient (Wildman–Crippen LogP) is 2.42. The fourth-order valence-corrected chi connectivity index (χ4v) is 2.49. The number of amides is 2. The third-order valence-corrected chi connectivity index (χ3v) is 4.10. The van der Waals surface area contributed by atoms with Gasteiger partial charge in [-0.25, -0.2) is 4.79 Å². The summed E-state index contributed by atoms with van der Waals surface area (Å²) in [5.74, 6) is 0. The molecule has 0 aliphatic heterocycles. The molecule has 2 aromatic rings. The fraction of sp³-hybridized carbons (Fsp3) is 0.400. The van der Waals surface area contributed by atoms with Crippen molar-refractivity contribution in [1.82, 2.24) is 20.1 Å². The highest BCUT2D eigenvalue weighted by Crippen LogP contribution is 2.12. The molecule has 26 heavy (non-hydrogen) atoms. The minimum absolute atomic E-state index is 0.0626. The molecule has 0 bridgehead atoms. The lowest BCUT2D eigenvalue weighted by Crippen LogP contribution is -2.42. The van der Waals surface area contributed by atoms with E-state index in [1.807, 2.05) is 57.4 Å². The molecule has 2 rings (SSSR count). The zero-order valence-electron chi connectivity index (χ0n) is 16.1. The van der Waals surface area contributed by atoms with E-state index in [0.717, 1.165) is 23.4 Å². The van der Waals surface area contributed by atoms with Gasteiger partial charge >= 0.3 is 6.03 Å². The molecule has 1 N–H and O–H groups in total. The summed E-state index contributed by atoms with van der Waals surface area (Å²) < 4.78 is 0. The van der Waals surface area contributed by atoms with Crippen molar-refractivity contribution in [2.45, 2.75) is 13.1 Å². The van der Waals surface area contributed by atoms with Gasteiger partial charge in [0.25, 0.3) is 0 Å². The minimum Gasteiger partial charge on any atom is -0.378 e. The van der Waals surface area contributed by atoms with E-state index >= 15 is 0 Å². The van der Waals surface area contributed by atoms with Crippen molar-refractivity contribution in [2.75, 3.05) is 46.2 Å². The summed E-state index contributed by atoms with van der Waals surface area (Å²) in [5, 5.41) is 3.03. The summed E-state index contributed by atoms with van der Waals surface area (Å²) in [7, 11) is 8.04. The molecule has 6 heteroatoms. The quantitative estimate of drug-likeness (QED) is 0.790. The Morgan fingerprint density at radius 2 is 1.73 bits per heavy atom. The van der Waals surface area contributed by atoms with Crippen LogP contribution in [0.15, 0.2) is 48.8 Å². The summed E-state index contributed by atoms with van der Waals surface area (Å²) in [4.78, 5) is 22.8. The molecule has 140 valence electrons. The molecule has 0 fully saturated rings. The molecule has 2 amide bonds. The van der Waals surface area contributed by atoms with Crippen molar-refractivity contribution < 1.29 is 4.79 Å². The third-order valence-electron chi connectivity index (χ3n) is 4.10.